The van der Waals surface area contributed by atoms with E-state index in [0.717, 1.165) is 37.3 Å². The van der Waals surface area contributed by atoms with Crippen LogP contribution in [0.25, 0.3) is 0 Å². The zero-order chi connectivity index (χ0) is 21.1. The van der Waals surface area contributed by atoms with Crippen molar-refractivity contribution in [3.05, 3.63) is 48.0 Å². The van der Waals surface area contributed by atoms with Gasteiger partial charge in [0.2, 0.25) is 0 Å². The maximum absolute atomic E-state index is 11.5. The Morgan fingerprint density at radius 2 is 2.03 bits per heavy atom. The Morgan fingerprint density at radius 1 is 1.28 bits per heavy atom. The van der Waals surface area contributed by atoms with Gasteiger partial charge in [0.25, 0.3) is 0 Å². The highest BCUT2D eigenvalue weighted by atomic mass is 16.6. The minimum Gasteiger partial charge on any atom is -0.478 e. The van der Waals surface area contributed by atoms with E-state index in [1.807, 2.05) is 30.3 Å². The molecule has 1 aromatic carbocycles. The molecular formula is C23H32O6. The van der Waals surface area contributed by atoms with Gasteiger partial charge in [-0.05, 0) is 18.4 Å². The Hall–Kier alpha value is -2.18. The number of carboxylic acid groups (broad SMARTS) is 1. The fourth-order valence-corrected chi connectivity index (χ4v) is 3.58. The third kappa shape index (κ3) is 8.38. The zero-order valence-electron chi connectivity index (χ0n) is 17.3. The van der Waals surface area contributed by atoms with Crippen molar-refractivity contribution in [3.8, 4) is 0 Å². The van der Waals surface area contributed by atoms with E-state index in [0.29, 0.717) is 19.4 Å². The van der Waals surface area contributed by atoms with Crippen molar-refractivity contribution < 1.29 is 28.9 Å². The summed E-state index contributed by atoms with van der Waals surface area (Å²) in [7, 11) is 0. The molecule has 0 radical (unpaired) electrons. The van der Waals surface area contributed by atoms with Crippen LogP contribution in [0.15, 0.2) is 42.5 Å². The van der Waals surface area contributed by atoms with Gasteiger partial charge < -0.3 is 19.3 Å². The molecule has 0 amide bonds. The van der Waals surface area contributed by atoms with E-state index in [1.165, 1.54) is 6.92 Å². The van der Waals surface area contributed by atoms with E-state index in [9.17, 15) is 9.59 Å². The minimum absolute atomic E-state index is 0.103. The van der Waals surface area contributed by atoms with Gasteiger partial charge in [0.05, 0.1) is 24.9 Å². The lowest BCUT2D eigenvalue weighted by atomic mass is 10.0. The molecule has 2 rings (SSSR count). The van der Waals surface area contributed by atoms with E-state index in [2.05, 4.69) is 6.92 Å². The summed E-state index contributed by atoms with van der Waals surface area (Å²) in [5, 5.41) is 8.80. The van der Waals surface area contributed by atoms with Crippen LogP contribution in [-0.2, 0) is 30.4 Å². The predicted octanol–water partition coefficient (Wildman–Crippen LogP) is 4.27. The molecule has 0 aromatic heterocycles. The van der Waals surface area contributed by atoms with Crippen LogP contribution in [0.3, 0.4) is 0 Å². The van der Waals surface area contributed by atoms with E-state index >= 15 is 0 Å². The highest BCUT2D eigenvalue weighted by Gasteiger charge is 2.40. The Labute approximate surface area is 172 Å². The molecule has 1 aliphatic heterocycles. The molecule has 29 heavy (non-hydrogen) atoms. The van der Waals surface area contributed by atoms with E-state index < -0.39 is 12.1 Å². The summed E-state index contributed by atoms with van der Waals surface area (Å²) in [5.41, 5.74) is 1.10. The molecule has 160 valence electrons. The number of hydrogen-bond acceptors (Lipinski definition) is 5. The number of carbonyl (C=O) groups excluding carboxylic acids is 1. The van der Waals surface area contributed by atoms with Gasteiger partial charge in [0.1, 0.15) is 6.10 Å². The first-order valence-electron chi connectivity index (χ1n) is 10.4. The average Bonchev–Trinajstić information content (AvgIpc) is 3.07. The Balaban J connectivity index is 2.04. The number of rotatable bonds is 12. The third-order valence-corrected chi connectivity index (χ3v) is 4.99. The van der Waals surface area contributed by atoms with Crippen molar-refractivity contribution in [1.29, 1.82) is 0 Å². The molecule has 0 spiro atoms. The molecule has 1 N–H and O–H groups in total. The normalized spacial score (nSPS) is 22.6. The van der Waals surface area contributed by atoms with Crippen LogP contribution in [0.5, 0.6) is 0 Å². The first kappa shape index (κ1) is 23.1. The van der Waals surface area contributed by atoms with Crippen molar-refractivity contribution in [2.24, 2.45) is 0 Å². The molecule has 1 saturated heterocycles. The Kier molecular flexibility index (Phi) is 9.88. The minimum atomic E-state index is -1.01. The van der Waals surface area contributed by atoms with Crippen molar-refractivity contribution in [3.63, 3.8) is 0 Å². The summed E-state index contributed by atoms with van der Waals surface area (Å²) in [4.78, 5) is 22.2. The van der Waals surface area contributed by atoms with Gasteiger partial charge >= 0.3 is 11.9 Å². The molecule has 1 heterocycles. The highest BCUT2D eigenvalue weighted by molar-refractivity contribution is 5.79. The predicted molar refractivity (Wildman–Crippen MR) is 109 cm³/mol. The molecule has 1 fully saturated rings. The molecular weight excluding hydrogens is 372 g/mol. The van der Waals surface area contributed by atoms with Crippen LogP contribution in [-0.4, -0.2) is 41.5 Å². The topological polar surface area (TPSA) is 82.1 Å². The van der Waals surface area contributed by atoms with Gasteiger partial charge in [-0.1, -0.05) is 62.6 Å². The van der Waals surface area contributed by atoms with Crippen LogP contribution in [0.4, 0.5) is 0 Å². The lowest BCUT2D eigenvalue weighted by Crippen LogP contribution is -2.29. The number of esters is 1. The number of ether oxygens (including phenoxy) is 3. The second-order valence-electron chi connectivity index (χ2n) is 7.40. The van der Waals surface area contributed by atoms with E-state index in [1.54, 1.807) is 6.08 Å². The third-order valence-electron chi connectivity index (χ3n) is 4.99. The molecule has 6 nitrogen and oxygen atoms in total. The van der Waals surface area contributed by atoms with Crippen molar-refractivity contribution in [1.82, 2.24) is 0 Å². The van der Waals surface area contributed by atoms with Crippen LogP contribution in [0.2, 0.25) is 0 Å². The molecule has 4 atom stereocenters. The second kappa shape index (κ2) is 12.4. The number of hydrogen-bond donors (Lipinski definition) is 1. The molecule has 0 aliphatic carbocycles. The molecule has 0 saturated carbocycles. The van der Waals surface area contributed by atoms with Crippen LogP contribution in [0.1, 0.15) is 57.9 Å². The second-order valence-corrected chi connectivity index (χ2v) is 7.40. The Bertz CT molecular complexity index is 657. The average molecular weight is 405 g/mol. The maximum atomic E-state index is 11.5. The Morgan fingerprint density at radius 3 is 2.69 bits per heavy atom. The maximum Gasteiger partial charge on any atom is 0.327 e. The standard InChI is InChI=1S/C23H32O6/c1-3-4-6-12-19(27-16-18-10-7-5-8-11-18)21-15-22(28-17(2)24)20(29-21)13-9-14-23(25)26/h5,7-11,14,19-22H,3-4,6,12-13,15-16H2,1-2H3,(H,25,26)/b14-9+/t19-,20-,21-,22-/m1/s1. The zero-order valence-corrected chi connectivity index (χ0v) is 17.3. The van der Waals surface area contributed by atoms with Gasteiger partial charge in [0.15, 0.2) is 0 Å². The van der Waals surface area contributed by atoms with Crippen LogP contribution in [0, 0.1) is 0 Å². The summed E-state index contributed by atoms with van der Waals surface area (Å²) in [6.07, 6.45) is 6.65. The smallest absolute Gasteiger partial charge is 0.327 e. The summed E-state index contributed by atoms with van der Waals surface area (Å²) in [6.45, 7) is 4.04. The van der Waals surface area contributed by atoms with Gasteiger partial charge in [0, 0.05) is 19.4 Å². The number of carboxylic acids is 1. The number of benzene rings is 1. The number of carbonyl (C=O) groups is 2. The van der Waals surface area contributed by atoms with Crippen LogP contribution >= 0.6 is 0 Å². The quantitative estimate of drug-likeness (QED) is 0.318. The summed E-state index contributed by atoms with van der Waals surface area (Å²) < 4.78 is 17.9. The van der Waals surface area contributed by atoms with Gasteiger partial charge in [-0.3, -0.25) is 4.79 Å². The van der Waals surface area contributed by atoms with E-state index in [4.69, 9.17) is 19.3 Å². The van der Waals surface area contributed by atoms with Gasteiger partial charge in [-0.2, -0.15) is 0 Å². The molecule has 6 heteroatoms. The number of unbranched alkanes of at least 4 members (excludes halogenated alkanes) is 2. The summed E-state index contributed by atoms with van der Waals surface area (Å²) >= 11 is 0. The lowest BCUT2D eigenvalue weighted by Gasteiger charge is -2.24. The largest absolute Gasteiger partial charge is 0.478 e. The van der Waals surface area contributed by atoms with Crippen LogP contribution < -0.4 is 0 Å². The van der Waals surface area contributed by atoms with Crippen molar-refractivity contribution in [2.45, 2.75) is 83.4 Å². The summed E-state index contributed by atoms with van der Waals surface area (Å²) in [5.74, 6) is -1.37. The molecule has 1 aromatic rings. The highest BCUT2D eigenvalue weighted by Crippen LogP contribution is 2.31. The molecule has 0 bridgehead atoms. The fraction of sp³-hybridized carbons (Fsp3) is 0.565. The molecule has 0 unspecified atom stereocenters. The van der Waals surface area contributed by atoms with Crippen molar-refractivity contribution >= 4 is 11.9 Å². The van der Waals surface area contributed by atoms with Crippen molar-refractivity contribution in [2.75, 3.05) is 0 Å². The monoisotopic (exact) mass is 404 g/mol. The summed E-state index contributed by atoms with van der Waals surface area (Å²) in [6, 6.07) is 10.00. The van der Waals surface area contributed by atoms with E-state index in [-0.39, 0.29) is 24.3 Å². The first-order valence-corrected chi connectivity index (χ1v) is 10.4. The number of aliphatic carboxylic acids is 1. The lowest BCUT2D eigenvalue weighted by molar-refractivity contribution is -0.149. The SMILES string of the molecule is CCCCC[C@@H](OCc1ccccc1)[C@H]1C[C@@H](OC(C)=O)[C@@H](C/C=C/C(=O)O)O1. The van der Waals surface area contributed by atoms with Gasteiger partial charge in [-0.15, -0.1) is 0 Å². The molecule has 1 aliphatic rings. The fourth-order valence-electron chi connectivity index (χ4n) is 3.58. The first-order chi connectivity index (χ1) is 14.0. The van der Waals surface area contributed by atoms with Gasteiger partial charge in [-0.25, -0.2) is 4.79 Å².